The molecule has 0 radical (unpaired) electrons. The summed E-state index contributed by atoms with van der Waals surface area (Å²) in [5, 5.41) is 1.80. The summed E-state index contributed by atoms with van der Waals surface area (Å²) in [5.74, 6) is 0.922. The van der Waals surface area contributed by atoms with E-state index in [-0.39, 0.29) is 5.37 Å². The molecule has 0 amide bonds. The summed E-state index contributed by atoms with van der Waals surface area (Å²) in [6, 6.07) is 0. The third kappa shape index (κ3) is 4.47. The van der Waals surface area contributed by atoms with E-state index in [0.717, 1.165) is 5.75 Å². The quantitative estimate of drug-likeness (QED) is 0.491. The average Bonchev–Trinajstić information content (AvgIpc) is 1.83. The van der Waals surface area contributed by atoms with Crippen LogP contribution in [0.15, 0.2) is 0 Å². The molecule has 0 aromatic heterocycles. The van der Waals surface area contributed by atoms with Crippen LogP contribution >= 0.6 is 19.4 Å². The third-order valence-corrected chi connectivity index (χ3v) is 4.24. The molecule has 80 valence electrons. The number of thioether (sulfide) groups is 1. The molecule has 0 aliphatic carbocycles. The van der Waals surface area contributed by atoms with Crippen LogP contribution in [-0.4, -0.2) is 26.2 Å². The molecule has 0 aromatic rings. The Kier molecular flexibility index (Phi) is 4.97. The molecule has 0 saturated heterocycles. The van der Waals surface area contributed by atoms with Gasteiger partial charge in [0, 0.05) is 0 Å². The average molecular weight is 227 g/mol. The van der Waals surface area contributed by atoms with Crippen LogP contribution in [-0.2, 0) is 4.57 Å². The van der Waals surface area contributed by atoms with Crippen molar-refractivity contribution in [2.24, 2.45) is 0 Å². The Bertz CT molecular complexity index is 204. The van der Waals surface area contributed by atoms with E-state index in [9.17, 15) is 4.57 Å². The standard InChI is InChI=1S/C7H18NO3PS/c1-5-13-6(2)8-7(3,4)12(9,10)11/h6,8H,5H2,1-4H3,(H2,9,10,11). The minimum absolute atomic E-state index is 0.0487. The van der Waals surface area contributed by atoms with Gasteiger partial charge >= 0.3 is 7.60 Å². The summed E-state index contributed by atoms with van der Waals surface area (Å²) >= 11 is 1.62. The molecule has 0 aliphatic rings. The zero-order chi connectivity index (χ0) is 10.7. The van der Waals surface area contributed by atoms with Crippen LogP contribution in [0.1, 0.15) is 27.7 Å². The first-order valence-electron chi connectivity index (χ1n) is 4.15. The van der Waals surface area contributed by atoms with E-state index in [1.807, 2.05) is 13.8 Å². The van der Waals surface area contributed by atoms with Crippen molar-refractivity contribution in [1.29, 1.82) is 0 Å². The van der Waals surface area contributed by atoms with E-state index >= 15 is 0 Å². The van der Waals surface area contributed by atoms with Crippen molar-refractivity contribution >= 4 is 19.4 Å². The van der Waals surface area contributed by atoms with Crippen molar-refractivity contribution in [2.75, 3.05) is 5.75 Å². The highest BCUT2D eigenvalue weighted by atomic mass is 32.2. The van der Waals surface area contributed by atoms with Crippen LogP contribution in [0.25, 0.3) is 0 Å². The highest BCUT2D eigenvalue weighted by Crippen LogP contribution is 2.48. The van der Waals surface area contributed by atoms with Crippen LogP contribution < -0.4 is 5.32 Å². The van der Waals surface area contributed by atoms with E-state index in [2.05, 4.69) is 5.32 Å². The zero-order valence-corrected chi connectivity index (χ0v) is 10.2. The summed E-state index contributed by atoms with van der Waals surface area (Å²) in [4.78, 5) is 18.0. The number of hydrogen-bond donors (Lipinski definition) is 3. The lowest BCUT2D eigenvalue weighted by molar-refractivity contribution is 0.315. The van der Waals surface area contributed by atoms with Gasteiger partial charge in [0.25, 0.3) is 0 Å². The number of hydrogen-bond acceptors (Lipinski definition) is 3. The summed E-state index contributed by atoms with van der Waals surface area (Å²) < 4.78 is 11.0. The minimum atomic E-state index is -4.07. The number of nitrogens with one attached hydrogen (secondary N) is 1. The molecule has 0 spiro atoms. The van der Waals surface area contributed by atoms with Crippen LogP contribution in [0.3, 0.4) is 0 Å². The van der Waals surface area contributed by atoms with Crippen molar-refractivity contribution in [3.05, 3.63) is 0 Å². The molecular formula is C7H18NO3PS. The third-order valence-electron chi connectivity index (χ3n) is 1.70. The highest BCUT2D eigenvalue weighted by Gasteiger charge is 2.38. The Labute approximate surface area is 83.7 Å². The molecule has 13 heavy (non-hydrogen) atoms. The van der Waals surface area contributed by atoms with Gasteiger partial charge in [-0.2, -0.15) is 0 Å². The van der Waals surface area contributed by atoms with E-state index in [0.29, 0.717) is 0 Å². The molecule has 0 saturated carbocycles. The first-order chi connectivity index (χ1) is 5.70. The zero-order valence-electron chi connectivity index (χ0n) is 8.44. The Balaban J connectivity index is 4.25. The van der Waals surface area contributed by atoms with Crippen molar-refractivity contribution in [2.45, 2.75) is 38.3 Å². The normalized spacial score (nSPS) is 15.8. The molecule has 0 fully saturated rings. The molecule has 0 rings (SSSR count). The van der Waals surface area contributed by atoms with E-state index in [4.69, 9.17) is 9.79 Å². The predicted molar refractivity (Wildman–Crippen MR) is 56.9 cm³/mol. The first kappa shape index (κ1) is 13.5. The van der Waals surface area contributed by atoms with Crippen molar-refractivity contribution in [3.63, 3.8) is 0 Å². The molecular weight excluding hydrogens is 209 g/mol. The van der Waals surface area contributed by atoms with Gasteiger partial charge in [-0.3, -0.25) is 9.88 Å². The van der Waals surface area contributed by atoms with E-state index < -0.39 is 12.9 Å². The molecule has 3 N–H and O–H groups in total. The van der Waals surface area contributed by atoms with E-state index in [1.54, 1.807) is 11.8 Å². The second kappa shape index (κ2) is 4.80. The molecule has 1 unspecified atom stereocenters. The summed E-state index contributed by atoms with van der Waals surface area (Å²) in [7, 11) is -4.07. The summed E-state index contributed by atoms with van der Waals surface area (Å²) in [6.45, 7) is 6.93. The Morgan fingerprint density at radius 3 is 2.31 bits per heavy atom. The molecule has 0 heterocycles. The van der Waals surface area contributed by atoms with Gasteiger partial charge in [0.2, 0.25) is 0 Å². The monoisotopic (exact) mass is 227 g/mol. The van der Waals surface area contributed by atoms with Gasteiger partial charge < -0.3 is 9.79 Å². The van der Waals surface area contributed by atoms with E-state index in [1.165, 1.54) is 13.8 Å². The SMILES string of the molecule is CCSC(C)NC(C)(C)P(=O)(O)O. The minimum Gasteiger partial charge on any atom is -0.323 e. The largest absolute Gasteiger partial charge is 0.344 e. The fraction of sp³-hybridized carbons (Fsp3) is 1.00. The Hall–Kier alpha value is 0.460. The summed E-state index contributed by atoms with van der Waals surface area (Å²) in [5.41, 5.74) is 0. The summed E-state index contributed by atoms with van der Waals surface area (Å²) in [6.07, 6.45) is 0. The Morgan fingerprint density at radius 1 is 1.54 bits per heavy atom. The highest BCUT2D eigenvalue weighted by molar-refractivity contribution is 7.99. The maximum absolute atomic E-state index is 11.0. The van der Waals surface area contributed by atoms with Crippen LogP contribution in [0.5, 0.6) is 0 Å². The van der Waals surface area contributed by atoms with Gasteiger partial charge in [-0.25, -0.2) is 0 Å². The second-order valence-corrected chi connectivity index (χ2v) is 7.17. The topological polar surface area (TPSA) is 69.6 Å². The molecule has 0 aromatic carbocycles. The van der Waals surface area contributed by atoms with Crippen LogP contribution in [0, 0.1) is 0 Å². The molecule has 0 bridgehead atoms. The lowest BCUT2D eigenvalue weighted by Gasteiger charge is -2.30. The molecule has 4 nitrogen and oxygen atoms in total. The number of rotatable bonds is 5. The van der Waals surface area contributed by atoms with Gasteiger partial charge in [0.05, 0.1) is 5.37 Å². The van der Waals surface area contributed by atoms with Crippen LogP contribution in [0.2, 0.25) is 0 Å². The van der Waals surface area contributed by atoms with Crippen LogP contribution in [0.4, 0.5) is 0 Å². The molecule has 6 heteroatoms. The maximum Gasteiger partial charge on any atom is 0.344 e. The van der Waals surface area contributed by atoms with Crippen molar-refractivity contribution in [1.82, 2.24) is 5.32 Å². The van der Waals surface area contributed by atoms with Gasteiger partial charge in [0.1, 0.15) is 5.28 Å². The molecule has 0 aliphatic heterocycles. The fourth-order valence-electron chi connectivity index (χ4n) is 0.873. The maximum atomic E-state index is 11.0. The fourth-order valence-corrected chi connectivity index (χ4v) is 2.20. The lowest BCUT2D eigenvalue weighted by atomic mass is 10.4. The Morgan fingerprint density at radius 2 is 2.00 bits per heavy atom. The van der Waals surface area contributed by atoms with Crippen molar-refractivity contribution in [3.8, 4) is 0 Å². The van der Waals surface area contributed by atoms with Gasteiger partial charge in [-0.05, 0) is 26.5 Å². The first-order valence-corrected chi connectivity index (χ1v) is 6.81. The van der Waals surface area contributed by atoms with Gasteiger partial charge in [-0.15, -0.1) is 11.8 Å². The van der Waals surface area contributed by atoms with Gasteiger partial charge in [0.15, 0.2) is 0 Å². The van der Waals surface area contributed by atoms with Gasteiger partial charge in [-0.1, -0.05) is 6.92 Å². The smallest absolute Gasteiger partial charge is 0.323 e. The molecule has 1 atom stereocenters. The van der Waals surface area contributed by atoms with Crippen molar-refractivity contribution < 1.29 is 14.4 Å². The second-order valence-electron chi connectivity index (χ2n) is 3.34. The lowest BCUT2D eigenvalue weighted by Crippen LogP contribution is -2.43. The predicted octanol–water partition coefficient (Wildman–Crippen LogP) is 1.59.